The van der Waals surface area contributed by atoms with Crippen LogP contribution in [0.25, 0.3) is 0 Å². The minimum atomic E-state index is -3.34. The number of nitrogens with two attached hydrogens (primary N) is 1. The Hall–Kier alpha value is -0.990. The molecule has 0 atom stereocenters. The summed E-state index contributed by atoms with van der Waals surface area (Å²) in [6, 6.07) is 7.21. The van der Waals surface area contributed by atoms with Crippen LogP contribution in [-0.4, -0.2) is 41.9 Å². The maximum absolute atomic E-state index is 11.8. The van der Waals surface area contributed by atoms with Gasteiger partial charge in [0.05, 0.1) is 25.6 Å². The van der Waals surface area contributed by atoms with Crippen molar-refractivity contribution in [3.05, 3.63) is 35.4 Å². The molecule has 0 saturated carbocycles. The molecule has 0 spiro atoms. The van der Waals surface area contributed by atoms with Crippen molar-refractivity contribution in [2.75, 3.05) is 33.5 Å². The minimum Gasteiger partial charge on any atom is -0.382 e. The van der Waals surface area contributed by atoms with E-state index in [1.165, 1.54) is 0 Å². The van der Waals surface area contributed by atoms with Crippen molar-refractivity contribution in [1.82, 2.24) is 4.72 Å². The zero-order valence-electron chi connectivity index (χ0n) is 11.7. The van der Waals surface area contributed by atoms with E-state index >= 15 is 0 Å². The molecule has 7 heteroatoms. The molecule has 0 fully saturated rings. The van der Waals surface area contributed by atoms with E-state index in [9.17, 15) is 8.42 Å². The first-order chi connectivity index (χ1) is 9.57. The molecule has 1 rings (SSSR count). The van der Waals surface area contributed by atoms with Crippen molar-refractivity contribution in [1.29, 1.82) is 0 Å². The fourth-order valence-corrected chi connectivity index (χ4v) is 2.68. The summed E-state index contributed by atoms with van der Waals surface area (Å²) in [5.41, 5.74) is 7.20. The van der Waals surface area contributed by atoms with Crippen LogP contribution in [0, 0.1) is 0 Å². The Morgan fingerprint density at radius 1 is 1.10 bits per heavy atom. The summed E-state index contributed by atoms with van der Waals surface area (Å²) >= 11 is 0. The van der Waals surface area contributed by atoms with E-state index in [-0.39, 0.29) is 12.3 Å². The van der Waals surface area contributed by atoms with Crippen molar-refractivity contribution in [3.8, 4) is 0 Å². The van der Waals surface area contributed by atoms with Crippen LogP contribution >= 0.6 is 0 Å². The number of ether oxygens (including phenoxy) is 2. The fraction of sp³-hybridized carbons (Fsp3) is 0.538. The average molecular weight is 302 g/mol. The Kier molecular flexibility index (Phi) is 7.71. The molecule has 1 aromatic rings. The SMILES string of the molecule is COCCOCCNS(=O)(=O)Cc1ccc(CN)cc1. The average Bonchev–Trinajstić information content (AvgIpc) is 2.43. The lowest BCUT2D eigenvalue weighted by Gasteiger charge is -2.08. The van der Waals surface area contributed by atoms with Gasteiger partial charge in [-0.2, -0.15) is 0 Å². The van der Waals surface area contributed by atoms with Crippen LogP contribution in [0.3, 0.4) is 0 Å². The summed E-state index contributed by atoms with van der Waals surface area (Å²) in [7, 11) is -1.75. The zero-order valence-corrected chi connectivity index (χ0v) is 12.5. The largest absolute Gasteiger partial charge is 0.382 e. The molecular weight excluding hydrogens is 280 g/mol. The van der Waals surface area contributed by atoms with E-state index < -0.39 is 10.0 Å². The molecule has 3 N–H and O–H groups in total. The van der Waals surface area contributed by atoms with Gasteiger partial charge in [0.25, 0.3) is 0 Å². The molecule has 20 heavy (non-hydrogen) atoms. The van der Waals surface area contributed by atoms with E-state index in [0.717, 1.165) is 11.1 Å². The molecule has 0 aliphatic carbocycles. The Bertz CT molecular complexity index is 474. The molecule has 0 heterocycles. The Labute approximate surface area is 120 Å². The van der Waals surface area contributed by atoms with E-state index in [1.54, 1.807) is 19.2 Å². The Morgan fingerprint density at radius 2 is 1.75 bits per heavy atom. The van der Waals surface area contributed by atoms with Crippen molar-refractivity contribution >= 4 is 10.0 Å². The van der Waals surface area contributed by atoms with E-state index in [1.807, 2.05) is 12.1 Å². The van der Waals surface area contributed by atoms with Gasteiger partial charge in [0.1, 0.15) is 0 Å². The van der Waals surface area contributed by atoms with Gasteiger partial charge in [0, 0.05) is 20.2 Å². The molecule has 114 valence electrons. The molecule has 0 radical (unpaired) electrons. The molecular formula is C13H22N2O4S. The third-order valence-electron chi connectivity index (χ3n) is 2.62. The van der Waals surface area contributed by atoms with Gasteiger partial charge < -0.3 is 15.2 Å². The third kappa shape index (κ3) is 6.97. The van der Waals surface area contributed by atoms with Crippen LogP contribution in [0.4, 0.5) is 0 Å². The van der Waals surface area contributed by atoms with Crippen molar-refractivity contribution in [2.24, 2.45) is 5.73 Å². The van der Waals surface area contributed by atoms with Crippen LogP contribution < -0.4 is 10.5 Å². The first-order valence-corrected chi connectivity index (χ1v) is 8.04. The molecule has 0 saturated heterocycles. The molecule has 0 aliphatic heterocycles. The number of hydrogen-bond acceptors (Lipinski definition) is 5. The van der Waals surface area contributed by atoms with Gasteiger partial charge >= 0.3 is 0 Å². The second kappa shape index (κ2) is 9.04. The predicted molar refractivity (Wildman–Crippen MR) is 77.7 cm³/mol. The fourth-order valence-electron chi connectivity index (χ4n) is 1.56. The van der Waals surface area contributed by atoms with E-state index in [0.29, 0.717) is 26.4 Å². The van der Waals surface area contributed by atoms with Gasteiger partial charge in [0.2, 0.25) is 10.0 Å². The van der Waals surface area contributed by atoms with Crippen LogP contribution in [0.2, 0.25) is 0 Å². The highest BCUT2D eigenvalue weighted by molar-refractivity contribution is 7.88. The van der Waals surface area contributed by atoms with Gasteiger partial charge in [0.15, 0.2) is 0 Å². The van der Waals surface area contributed by atoms with Gasteiger partial charge in [-0.25, -0.2) is 13.1 Å². The Balaban J connectivity index is 2.33. The number of rotatable bonds is 10. The van der Waals surface area contributed by atoms with Gasteiger partial charge in [-0.05, 0) is 11.1 Å². The van der Waals surface area contributed by atoms with Crippen LogP contribution in [-0.2, 0) is 31.8 Å². The molecule has 0 aliphatic rings. The molecule has 0 bridgehead atoms. The maximum Gasteiger partial charge on any atom is 0.215 e. The normalized spacial score (nSPS) is 11.7. The number of hydrogen-bond donors (Lipinski definition) is 2. The van der Waals surface area contributed by atoms with Crippen LogP contribution in [0.15, 0.2) is 24.3 Å². The lowest BCUT2D eigenvalue weighted by molar-refractivity contribution is 0.0736. The van der Waals surface area contributed by atoms with Crippen molar-refractivity contribution < 1.29 is 17.9 Å². The number of nitrogens with one attached hydrogen (secondary N) is 1. The summed E-state index contributed by atoms with van der Waals surface area (Å²) < 4.78 is 36.1. The molecule has 1 aromatic carbocycles. The summed E-state index contributed by atoms with van der Waals surface area (Å²) in [6.07, 6.45) is 0. The molecule has 0 amide bonds. The van der Waals surface area contributed by atoms with E-state index in [4.69, 9.17) is 15.2 Å². The number of benzene rings is 1. The van der Waals surface area contributed by atoms with Gasteiger partial charge in [-0.3, -0.25) is 0 Å². The highest BCUT2D eigenvalue weighted by Crippen LogP contribution is 2.07. The van der Waals surface area contributed by atoms with Crippen LogP contribution in [0.5, 0.6) is 0 Å². The Morgan fingerprint density at radius 3 is 2.35 bits per heavy atom. The van der Waals surface area contributed by atoms with Gasteiger partial charge in [-0.15, -0.1) is 0 Å². The van der Waals surface area contributed by atoms with Crippen molar-refractivity contribution in [2.45, 2.75) is 12.3 Å². The molecule has 6 nitrogen and oxygen atoms in total. The van der Waals surface area contributed by atoms with Gasteiger partial charge in [-0.1, -0.05) is 24.3 Å². The standard InChI is InChI=1S/C13H22N2O4S/c1-18-8-9-19-7-6-15-20(16,17)11-13-4-2-12(10-14)3-5-13/h2-5,15H,6-11,14H2,1H3. The van der Waals surface area contributed by atoms with E-state index in [2.05, 4.69) is 4.72 Å². The number of methoxy groups -OCH3 is 1. The maximum atomic E-state index is 11.8. The zero-order chi connectivity index (χ0) is 14.8. The summed E-state index contributed by atoms with van der Waals surface area (Å²) in [5.74, 6) is -0.0457. The molecule has 0 unspecified atom stereocenters. The quantitative estimate of drug-likeness (QED) is 0.604. The summed E-state index contributed by atoms with van der Waals surface area (Å²) in [5, 5.41) is 0. The minimum absolute atomic E-state index is 0.0457. The summed E-state index contributed by atoms with van der Waals surface area (Å²) in [6.45, 7) is 1.99. The lowest BCUT2D eigenvalue weighted by Crippen LogP contribution is -2.29. The predicted octanol–water partition coefficient (Wildman–Crippen LogP) is 0.228. The van der Waals surface area contributed by atoms with Crippen LogP contribution in [0.1, 0.15) is 11.1 Å². The first kappa shape index (κ1) is 17.1. The first-order valence-electron chi connectivity index (χ1n) is 6.39. The third-order valence-corrected chi connectivity index (χ3v) is 3.97. The highest BCUT2D eigenvalue weighted by atomic mass is 32.2. The second-order valence-electron chi connectivity index (χ2n) is 4.28. The smallest absolute Gasteiger partial charge is 0.215 e. The van der Waals surface area contributed by atoms with Crippen molar-refractivity contribution in [3.63, 3.8) is 0 Å². The highest BCUT2D eigenvalue weighted by Gasteiger charge is 2.10. The second-order valence-corrected chi connectivity index (χ2v) is 6.09. The lowest BCUT2D eigenvalue weighted by atomic mass is 10.1. The topological polar surface area (TPSA) is 90.6 Å². The summed E-state index contributed by atoms with van der Waals surface area (Å²) in [4.78, 5) is 0. The molecule has 0 aromatic heterocycles. The monoisotopic (exact) mass is 302 g/mol. The number of sulfonamides is 1.